The minimum Gasteiger partial charge on any atom is -0.482 e. The van der Waals surface area contributed by atoms with Crippen LogP contribution in [0.25, 0.3) is 11.1 Å². The number of carbonyl (C=O) groups is 1. The summed E-state index contributed by atoms with van der Waals surface area (Å²) >= 11 is 7.87. The van der Waals surface area contributed by atoms with Crippen molar-refractivity contribution in [1.29, 1.82) is 0 Å². The molecule has 0 unspecified atom stereocenters. The number of halogens is 1. The lowest BCUT2D eigenvalue weighted by atomic mass is 10.1. The van der Waals surface area contributed by atoms with E-state index in [1.807, 2.05) is 60.0 Å². The summed E-state index contributed by atoms with van der Waals surface area (Å²) in [7, 11) is 0. The summed E-state index contributed by atoms with van der Waals surface area (Å²) in [5.74, 6) is 0.328. The van der Waals surface area contributed by atoms with Crippen LogP contribution in [0.5, 0.6) is 5.75 Å². The van der Waals surface area contributed by atoms with E-state index < -0.39 is 0 Å². The van der Waals surface area contributed by atoms with Gasteiger partial charge in [-0.25, -0.2) is 0 Å². The van der Waals surface area contributed by atoms with E-state index in [1.165, 1.54) is 0 Å². The van der Waals surface area contributed by atoms with Gasteiger partial charge in [-0.05, 0) is 34.7 Å². The smallest absolute Gasteiger partial charge is 0.258 e. The molecule has 3 aromatic rings. The lowest BCUT2D eigenvalue weighted by molar-refractivity contribution is -0.123. The molecule has 0 saturated heterocycles. The van der Waals surface area contributed by atoms with Gasteiger partial charge in [0.05, 0.1) is 11.6 Å². The predicted molar refractivity (Wildman–Crippen MR) is 98.5 cm³/mol. The minimum atomic E-state index is -0.174. The molecule has 122 valence electrons. The normalized spacial score (nSPS) is 10.4. The second-order valence-electron chi connectivity index (χ2n) is 5.16. The highest BCUT2D eigenvalue weighted by atomic mass is 35.5. The first-order valence-electron chi connectivity index (χ1n) is 7.49. The van der Waals surface area contributed by atoms with E-state index in [1.54, 1.807) is 17.4 Å². The van der Waals surface area contributed by atoms with Gasteiger partial charge >= 0.3 is 0 Å². The number of carbonyl (C=O) groups excluding carboxylic acids is 1. The molecule has 0 aliphatic rings. The molecule has 0 aliphatic heterocycles. The molecule has 1 amide bonds. The van der Waals surface area contributed by atoms with Crippen LogP contribution in [0.3, 0.4) is 0 Å². The zero-order chi connectivity index (χ0) is 16.8. The average molecular weight is 358 g/mol. The summed E-state index contributed by atoms with van der Waals surface area (Å²) in [5, 5.41) is 5.28. The topological polar surface area (TPSA) is 38.3 Å². The highest BCUT2D eigenvalue weighted by Crippen LogP contribution is 2.30. The first-order valence-corrected chi connectivity index (χ1v) is 8.75. The third-order valence-corrected chi connectivity index (χ3v) is 4.61. The summed E-state index contributed by atoms with van der Waals surface area (Å²) in [5.41, 5.74) is 2.09. The van der Waals surface area contributed by atoms with Crippen molar-refractivity contribution in [2.24, 2.45) is 0 Å². The molecular weight excluding hydrogens is 342 g/mol. The zero-order valence-electron chi connectivity index (χ0n) is 12.9. The number of hydrogen-bond acceptors (Lipinski definition) is 3. The molecule has 24 heavy (non-hydrogen) atoms. The molecular formula is C19H16ClNO2S. The van der Waals surface area contributed by atoms with Gasteiger partial charge in [-0.1, -0.05) is 54.1 Å². The molecule has 0 saturated carbocycles. The van der Waals surface area contributed by atoms with Crippen LogP contribution in [0.2, 0.25) is 5.02 Å². The van der Waals surface area contributed by atoms with Gasteiger partial charge in [0.2, 0.25) is 0 Å². The number of thiophene rings is 1. The molecule has 1 aromatic heterocycles. The maximum absolute atomic E-state index is 11.8. The van der Waals surface area contributed by atoms with Gasteiger partial charge in [0.15, 0.2) is 6.61 Å². The van der Waals surface area contributed by atoms with E-state index >= 15 is 0 Å². The molecule has 1 heterocycles. The second-order valence-corrected chi connectivity index (χ2v) is 6.60. The largest absolute Gasteiger partial charge is 0.482 e. The summed E-state index contributed by atoms with van der Waals surface area (Å²) in [4.78, 5) is 12.9. The minimum absolute atomic E-state index is 0.0597. The average Bonchev–Trinajstić information content (AvgIpc) is 3.13. The van der Waals surface area contributed by atoms with Crippen LogP contribution in [0.4, 0.5) is 0 Å². The van der Waals surface area contributed by atoms with Crippen molar-refractivity contribution in [1.82, 2.24) is 5.32 Å². The van der Waals surface area contributed by atoms with Crippen LogP contribution in [-0.4, -0.2) is 12.5 Å². The molecule has 1 N–H and O–H groups in total. The highest BCUT2D eigenvalue weighted by Gasteiger charge is 2.08. The van der Waals surface area contributed by atoms with E-state index in [2.05, 4.69) is 5.32 Å². The zero-order valence-corrected chi connectivity index (χ0v) is 14.4. The number of nitrogens with one attached hydrogen (secondary N) is 1. The van der Waals surface area contributed by atoms with Gasteiger partial charge in [0.1, 0.15) is 5.75 Å². The molecule has 0 atom stereocenters. The SMILES string of the molecule is O=C(COc1ccc(-c2ccccc2)cc1Cl)NCc1cccs1. The van der Waals surface area contributed by atoms with Crippen molar-refractivity contribution in [3.63, 3.8) is 0 Å². The van der Waals surface area contributed by atoms with Crippen LogP contribution in [0.15, 0.2) is 66.0 Å². The second kappa shape index (κ2) is 7.99. The Morgan fingerprint density at radius 3 is 2.58 bits per heavy atom. The van der Waals surface area contributed by atoms with E-state index in [4.69, 9.17) is 16.3 Å². The monoisotopic (exact) mass is 357 g/mol. The molecule has 0 fully saturated rings. The van der Waals surface area contributed by atoms with Gasteiger partial charge in [0.25, 0.3) is 5.91 Å². The molecule has 3 rings (SSSR count). The van der Waals surface area contributed by atoms with Crippen molar-refractivity contribution in [3.8, 4) is 16.9 Å². The number of hydrogen-bond donors (Lipinski definition) is 1. The first kappa shape index (κ1) is 16.6. The predicted octanol–water partition coefficient (Wildman–Crippen LogP) is 4.76. The molecule has 2 aromatic carbocycles. The van der Waals surface area contributed by atoms with Gasteiger partial charge in [-0.3, -0.25) is 4.79 Å². The highest BCUT2D eigenvalue weighted by molar-refractivity contribution is 7.09. The third-order valence-electron chi connectivity index (χ3n) is 3.44. The maximum Gasteiger partial charge on any atom is 0.258 e. The van der Waals surface area contributed by atoms with E-state index in [-0.39, 0.29) is 12.5 Å². The number of amides is 1. The summed E-state index contributed by atoms with van der Waals surface area (Å²) in [6.45, 7) is 0.455. The van der Waals surface area contributed by atoms with Gasteiger partial charge in [-0.15, -0.1) is 11.3 Å². The van der Waals surface area contributed by atoms with Crippen LogP contribution in [0, 0.1) is 0 Å². The van der Waals surface area contributed by atoms with Gasteiger partial charge in [-0.2, -0.15) is 0 Å². The Bertz CT molecular complexity index is 803. The molecule has 3 nitrogen and oxygen atoms in total. The molecule has 0 aliphatic carbocycles. The third kappa shape index (κ3) is 4.37. The van der Waals surface area contributed by atoms with E-state index in [0.717, 1.165) is 16.0 Å². The van der Waals surface area contributed by atoms with Crippen LogP contribution >= 0.6 is 22.9 Å². The van der Waals surface area contributed by atoms with Crippen LogP contribution < -0.4 is 10.1 Å². The lowest BCUT2D eigenvalue weighted by Crippen LogP contribution is -2.28. The number of rotatable bonds is 6. The van der Waals surface area contributed by atoms with Crippen molar-refractivity contribution in [2.45, 2.75) is 6.54 Å². The Morgan fingerprint density at radius 1 is 1.04 bits per heavy atom. The Hall–Kier alpha value is -2.30. The Balaban J connectivity index is 1.56. The van der Waals surface area contributed by atoms with E-state index in [0.29, 0.717) is 17.3 Å². The molecule has 0 spiro atoms. The van der Waals surface area contributed by atoms with Gasteiger partial charge < -0.3 is 10.1 Å². The Morgan fingerprint density at radius 2 is 1.88 bits per heavy atom. The molecule has 5 heteroatoms. The fourth-order valence-electron chi connectivity index (χ4n) is 2.22. The standard InChI is InChI=1S/C19H16ClNO2S/c20-17-11-15(14-5-2-1-3-6-14)8-9-18(17)23-13-19(22)21-12-16-7-4-10-24-16/h1-11H,12-13H2,(H,21,22). The molecule has 0 bridgehead atoms. The summed E-state index contributed by atoms with van der Waals surface area (Å²) in [6.07, 6.45) is 0. The number of ether oxygens (including phenoxy) is 1. The van der Waals surface area contributed by atoms with Crippen molar-refractivity contribution < 1.29 is 9.53 Å². The number of benzene rings is 2. The van der Waals surface area contributed by atoms with Crippen molar-refractivity contribution in [2.75, 3.05) is 6.61 Å². The first-order chi connectivity index (χ1) is 11.7. The fraction of sp³-hybridized carbons (Fsp3) is 0.105. The van der Waals surface area contributed by atoms with Crippen molar-refractivity contribution in [3.05, 3.63) is 75.9 Å². The lowest BCUT2D eigenvalue weighted by Gasteiger charge is -2.10. The Labute approximate surface area is 149 Å². The fourth-order valence-corrected chi connectivity index (χ4v) is 3.10. The van der Waals surface area contributed by atoms with Gasteiger partial charge in [0, 0.05) is 4.88 Å². The molecule has 0 radical (unpaired) electrons. The summed E-state index contributed by atoms with van der Waals surface area (Å²) < 4.78 is 5.52. The van der Waals surface area contributed by atoms with Crippen LogP contribution in [0.1, 0.15) is 4.88 Å². The Kier molecular flexibility index (Phi) is 5.51. The maximum atomic E-state index is 11.8. The summed E-state index contributed by atoms with van der Waals surface area (Å²) in [6, 6.07) is 19.5. The van der Waals surface area contributed by atoms with Crippen LogP contribution in [-0.2, 0) is 11.3 Å². The van der Waals surface area contributed by atoms with Crippen molar-refractivity contribution >= 4 is 28.8 Å². The van der Waals surface area contributed by atoms with E-state index in [9.17, 15) is 4.79 Å². The quantitative estimate of drug-likeness (QED) is 0.690.